The quantitative estimate of drug-likeness (QED) is 0.573. The molecule has 1 rings (SSSR count). The van der Waals surface area contributed by atoms with Crippen LogP contribution in [-0.4, -0.2) is 5.88 Å². The van der Waals surface area contributed by atoms with Crippen LogP contribution in [0, 0.1) is 17.3 Å². The minimum absolute atomic E-state index is 0.510. The van der Waals surface area contributed by atoms with Crippen molar-refractivity contribution in [2.45, 2.75) is 40.0 Å². The zero-order chi connectivity index (χ0) is 8.48. The molecular formula is C10H19Cl. The van der Waals surface area contributed by atoms with Gasteiger partial charge in [0.25, 0.3) is 0 Å². The minimum Gasteiger partial charge on any atom is -0.126 e. The molecule has 1 heteroatoms. The molecule has 0 saturated heterocycles. The zero-order valence-corrected chi connectivity index (χ0v) is 8.62. The van der Waals surface area contributed by atoms with Gasteiger partial charge in [-0.25, -0.2) is 0 Å². The van der Waals surface area contributed by atoms with Gasteiger partial charge in [-0.3, -0.25) is 0 Å². The van der Waals surface area contributed by atoms with Crippen molar-refractivity contribution in [1.82, 2.24) is 0 Å². The molecule has 1 saturated carbocycles. The Morgan fingerprint density at radius 2 is 2.09 bits per heavy atom. The standard InChI is InChI=1S/C10H19Cl/c1-4-9(3)10(7-11)5-8(2)6-10/h8-9H,4-7H2,1-3H3. The summed E-state index contributed by atoms with van der Waals surface area (Å²) >= 11 is 6.00. The molecule has 0 radical (unpaired) electrons. The van der Waals surface area contributed by atoms with Gasteiger partial charge in [-0.15, -0.1) is 11.6 Å². The topological polar surface area (TPSA) is 0 Å². The molecule has 0 bridgehead atoms. The van der Waals surface area contributed by atoms with Gasteiger partial charge in [-0.05, 0) is 30.1 Å². The van der Waals surface area contributed by atoms with Crippen molar-refractivity contribution >= 4 is 11.6 Å². The summed E-state index contributed by atoms with van der Waals surface area (Å²) in [6.07, 6.45) is 3.98. The lowest BCUT2D eigenvalue weighted by Gasteiger charge is -2.49. The maximum absolute atomic E-state index is 6.00. The first-order valence-corrected chi connectivity index (χ1v) is 5.24. The van der Waals surface area contributed by atoms with E-state index in [1.165, 1.54) is 19.3 Å². The fourth-order valence-electron chi connectivity index (χ4n) is 2.40. The van der Waals surface area contributed by atoms with Gasteiger partial charge >= 0.3 is 0 Å². The summed E-state index contributed by atoms with van der Waals surface area (Å²) in [5, 5.41) is 0. The van der Waals surface area contributed by atoms with E-state index < -0.39 is 0 Å². The Kier molecular flexibility index (Phi) is 2.85. The number of rotatable bonds is 3. The van der Waals surface area contributed by atoms with E-state index in [2.05, 4.69) is 20.8 Å². The van der Waals surface area contributed by atoms with Crippen LogP contribution in [0.25, 0.3) is 0 Å². The van der Waals surface area contributed by atoms with Crippen LogP contribution in [0.2, 0.25) is 0 Å². The fourth-order valence-corrected chi connectivity index (χ4v) is 2.89. The Morgan fingerprint density at radius 3 is 2.36 bits per heavy atom. The van der Waals surface area contributed by atoms with Crippen LogP contribution in [0.15, 0.2) is 0 Å². The monoisotopic (exact) mass is 174 g/mol. The molecule has 1 aliphatic rings. The highest BCUT2D eigenvalue weighted by Crippen LogP contribution is 2.52. The van der Waals surface area contributed by atoms with Crippen LogP contribution in [0.5, 0.6) is 0 Å². The first-order valence-electron chi connectivity index (χ1n) is 4.70. The highest BCUT2D eigenvalue weighted by atomic mass is 35.5. The molecule has 0 aromatic carbocycles. The number of hydrogen-bond donors (Lipinski definition) is 0. The van der Waals surface area contributed by atoms with E-state index in [-0.39, 0.29) is 0 Å². The summed E-state index contributed by atoms with van der Waals surface area (Å²) < 4.78 is 0. The predicted octanol–water partition coefficient (Wildman–Crippen LogP) is 3.69. The molecule has 1 aliphatic carbocycles. The van der Waals surface area contributed by atoms with Gasteiger partial charge in [0.1, 0.15) is 0 Å². The molecule has 66 valence electrons. The van der Waals surface area contributed by atoms with Crippen LogP contribution < -0.4 is 0 Å². The smallest absolute Gasteiger partial charge is 0.0282 e. The third kappa shape index (κ3) is 1.56. The van der Waals surface area contributed by atoms with Gasteiger partial charge in [0.15, 0.2) is 0 Å². The van der Waals surface area contributed by atoms with Gasteiger partial charge in [-0.1, -0.05) is 27.2 Å². The Bertz CT molecular complexity index is 125. The molecule has 11 heavy (non-hydrogen) atoms. The average Bonchev–Trinajstić information content (AvgIpc) is 1.96. The molecule has 0 aliphatic heterocycles. The Balaban J connectivity index is 2.49. The van der Waals surface area contributed by atoms with Gasteiger partial charge in [0.2, 0.25) is 0 Å². The minimum atomic E-state index is 0.510. The maximum Gasteiger partial charge on any atom is 0.0282 e. The van der Waals surface area contributed by atoms with Crippen molar-refractivity contribution < 1.29 is 0 Å². The van der Waals surface area contributed by atoms with Crippen LogP contribution in [0.1, 0.15) is 40.0 Å². The summed E-state index contributed by atoms with van der Waals surface area (Å²) in [4.78, 5) is 0. The van der Waals surface area contributed by atoms with E-state index in [1.54, 1.807) is 0 Å². The summed E-state index contributed by atoms with van der Waals surface area (Å²) in [6, 6.07) is 0. The van der Waals surface area contributed by atoms with Crippen molar-refractivity contribution in [3.8, 4) is 0 Å². The second-order valence-corrected chi connectivity index (χ2v) is 4.59. The van der Waals surface area contributed by atoms with Crippen LogP contribution in [-0.2, 0) is 0 Å². The third-order valence-corrected chi connectivity index (χ3v) is 3.97. The SMILES string of the molecule is CCC(C)C1(CCl)CC(C)C1. The van der Waals surface area contributed by atoms with E-state index in [0.29, 0.717) is 5.41 Å². The molecule has 0 aromatic rings. The highest BCUT2D eigenvalue weighted by molar-refractivity contribution is 6.18. The molecule has 1 unspecified atom stereocenters. The second-order valence-electron chi connectivity index (χ2n) is 4.32. The van der Waals surface area contributed by atoms with E-state index in [4.69, 9.17) is 11.6 Å². The van der Waals surface area contributed by atoms with E-state index in [9.17, 15) is 0 Å². The van der Waals surface area contributed by atoms with Crippen LogP contribution in [0.3, 0.4) is 0 Å². The summed E-state index contributed by atoms with van der Waals surface area (Å²) in [5.41, 5.74) is 0.510. The van der Waals surface area contributed by atoms with Crippen LogP contribution in [0.4, 0.5) is 0 Å². The molecule has 0 nitrogen and oxygen atoms in total. The predicted molar refractivity (Wildman–Crippen MR) is 51.0 cm³/mol. The van der Waals surface area contributed by atoms with Crippen molar-refractivity contribution in [3.05, 3.63) is 0 Å². The summed E-state index contributed by atoms with van der Waals surface area (Å²) in [7, 11) is 0. The molecule has 0 heterocycles. The maximum atomic E-state index is 6.00. The third-order valence-electron chi connectivity index (χ3n) is 3.43. The first-order chi connectivity index (χ1) is 5.14. The highest BCUT2D eigenvalue weighted by Gasteiger charge is 2.44. The van der Waals surface area contributed by atoms with Crippen molar-refractivity contribution in [2.75, 3.05) is 5.88 Å². The van der Waals surface area contributed by atoms with Crippen molar-refractivity contribution in [3.63, 3.8) is 0 Å². The molecule has 0 N–H and O–H groups in total. The second kappa shape index (κ2) is 3.35. The van der Waals surface area contributed by atoms with Gasteiger partial charge < -0.3 is 0 Å². The zero-order valence-electron chi connectivity index (χ0n) is 7.86. The fraction of sp³-hybridized carbons (Fsp3) is 1.00. The number of halogens is 1. The van der Waals surface area contributed by atoms with Gasteiger partial charge in [0.05, 0.1) is 0 Å². The Morgan fingerprint density at radius 1 is 1.55 bits per heavy atom. The molecule has 0 amide bonds. The first kappa shape index (κ1) is 9.38. The molecule has 0 spiro atoms. The molecule has 0 aromatic heterocycles. The van der Waals surface area contributed by atoms with Gasteiger partial charge in [-0.2, -0.15) is 0 Å². The lowest BCUT2D eigenvalue weighted by Crippen LogP contribution is -2.42. The van der Waals surface area contributed by atoms with Crippen molar-refractivity contribution in [2.24, 2.45) is 17.3 Å². The van der Waals surface area contributed by atoms with Crippen LogP contribution >= 0.6 is 11.6 Å². The summed E-state index contributed by atoms with van der Waals surface area (Å²) in [6.45, 7) is 6.93. The number of alkyl halides is 1. The lowest BCUT2D eigenvalue weighted by atomic mass is 9.57. The molecule has 1 fully saturated rings. The Hall–Kier alpha value is 0.290. The average molecular weight is 175 g/mol. The lowest BCUT2D eigenvalue weighted by molar-refractivity contribution is 0.0293. The van der Waals surface area contributed by atoms with Crippen molar-refractivity contribution in [1.29, 1.82) is 0 Å². The largest absolute Gasteiger partial charge is 0.126 e. The van der Waals surface area contributed by atoms with E-state index >= 15 is 0 Å². The van der Waals surface area contributed by atoms with Gasteiger partial charge in [0, 0.05) is 5.88 Å². The molecule has 1 atom stereocenters. The normalized spacial score (nSPS) is 39.8. The van der Waals surface area contributed by atoms with E-state index in [1.807, 2.05) is 0 Å². The summed E-state index contributed by atoms with van der Waals surface area (Å²) in [5.74, 6) is 2.60. The number of hydrogen-bond acceptors (Lipinski definition) is 0. The van der Waals surface area contributed by atoms with E-state index in [0.717, 1.165) is 17.7 Å². The Labute approximate surface area is 75.3 Å². The molecular weight excluding hydrogens is 156 g/mol.